The van der Waals surface area contributed by atoms with Gasteiger partial charge in [-0.15, -0.1) is 0 Å². The van der Waals surface area contributed by atoms with Gasteiger partial charge in [0.05, 0.1) is 25.7 Å². The number of benzene rings is 1. The van der Waals surface area contributed by atoms with E-state index in [1.165, 1.54) is 18.6 Å². The van der Waals surface area contributed by atoms with Crippen molar-refractivity contribution in [3.8, 4) is 5.75 Å². The van der Waals surface area contributed by atoms with E-state index in [1.807, 2.05) is 24.3 Å². The Hall–Kier alpha value is -2.38. The molecule has 0 saturated carbocycles. The van der Waals surface area contributed by atoms with Crippen molar-refractivity contribution in [2.75, 3.05) is 33.9 Å². The fourth-order valence-electron chi connectivity index (χ4n) is 5.45. The number of piperidine rings is 1. The van der Waals surface area contributed by atoms with E-state index in [0.29, 0.717) is 18.8 Å². The molecule has 7 heteroatoms. The van der Waals surface area contributed by atoms with Gasteiger partial charge in [0.25, 0.3) is 0 Å². The van der Waals surface area contributed by atoms with Crippen LogP contribution in [0.15, 0.2) is 36.4 Å². The van der Waals surface area contributed by atoms with Crippen LogP contribution in [-0.4, -0.2) is 61.2 Å². The second-order valence-corrected chi connectivity index (χ2v) is 9.15. The number of amides is 1. The predicted octanol–water partition coefficient (Wildman–Crippen LogP) is 3.34. The van der Waals surface area contributed by atoms with E-state index in [0.717, 1.165) is 43.8 Å². The van der Waals surface area contributed by atoms with Gasteiger partial charge in [0, 0.05) is 26.1 Å². The van der Waals surface area contributed by atoms with Crippen LogP contribution in [0.25, 0.3) is 0 Å². The van der Waals surface area contributed by atoms with Gasteiger partial charge in [-0.25, -0.2) is 5.06 Å². The van der Waals surface area contributed by atoms with Crippen molar-refractivity contribution in [1.82, 2.24) is 9.96 Å². The van der Waals surface area contributed by atoms with E-state index in [9.17, 15) is 9.59 Å². The molecule has 0 radical (unpaired) electrons. The molecule has 2 aliphatic heterocycles. The summed E-state index contributed by atoms with van der Waals surface area (Å²) in [6.45, 7) is 3.01. The lowest BCUT2D eigenvalue weighted by Crippen LogP contribution is -2.57. The van der Waals surface area contributed by atoms with E-state index in [-0.39, 0.29) is 24.9 Å². The Morgan fingerprint density at radius 2 is 2.00 bits per heavy atom. The molecule has 32 heavy (non-hydrogen) atoms. The molecular weight excluding hydrogens is 408 g/mol. The zero-order valence-corrected chi connectivity index (χ0v) is 19.1. The molecule has 1 aliphatic carbocycles. The van der Waals surface area contributed by atoms with Crippen LogP contribution in [0.2, 0.25) is 0 Å². The fourth-order valence-corrected chi connectivity index (χ4v) is 5.45. The molecule has 1 aromatic carbocycles. The summed E-state index contributed by atoms with van der Waals surface area (Å²) >= 11 is 0. The largest absolute Gasteiger partial charge is 0.497 e. The van der Waals surface area contributed by atoms with Crippen LogP contribution in [0.1, 0.15) is 44.1 Å². The van der Waals surface area contributed by atoms with Gasteiger partial charge < -0.3 is 14.4 Å². The third-order valence-electron chi connectivity index (χ3n) is 7.25. The van der Waals surface area contributed by atoms with E-state index in [2.05, 4.69) is 17.1 Å². The molecule has 2 heterocycles. The Morgan fingerprint density at radius 1 is 1.19 bits per heavy atom. The standard InChI is InChI=1S/C25H34N2O5/c1-30-21-10-6-9-20(15-21)18-32-27-23(28)16-22(24(29)31-2)25(27)11-13-26(14-12-25)17-19-7-4-3-5-8-19/h3-4,6,9-10,15,19,22H,5,7-8,11-14,16-18H2,1-2H3/t19-,22-/m1/s1. The highest BCUT2D eigenvalue weighted by atomic mass is 16.7. The Kier molecular flexibility index (Phi) is 7.16. The molecule has 2 atom stereocenters. The Bertz CT molecular complexity index is 846. The third kappa shape index (κ3) is 4.69. The van der Waals surface area contributed by atoms with Gasteiger partial charge in [0.1, 0.15) is 12.4 Å². The molecule has 4 rings (SSSR count). The van der Waals surface area contributed by atoms with Gasteiger partial charge in [-0.3, -0.25) is 14.4 Å². The quantitative estimate of drug-likeness (QED) is 0.477. The summed E-state index contributed by atoms with van der Waals surface area (Å²) in [5, 5.41) is 1.51. The molecule has 1 spiro atoms. The van der Waals surface area contributed by atoms with E-state index in [4.69, 9.17) is 14.3 Å². The average molecular weight is 443 g/mol. The van der Waals surface area contributed by atoms with Crippen LogP contribution in [0.4, 0.5) is 0 Å². The first kappa shape index (κ1) is 22.8. The molecule has 2 saturated heterocycles. The highest BCUT2D eigenvalue weighted by molar-refractivity contribution is 5.88. The molecule has 7 nitrogen and oxygen atoms in total. The molecule has 2 fully saturated rings. The van der Waals surface area contributed by atoms with Crippen LogP contribution in [0.3, 0.4) is 0 Å². The van der Waals surface area contributed by atoms with Crippen molar-refractivity contribution in [2.24, 2.45) is 11.8 Å². The maximum absolute atomic E-state index is 13.0. The predicted molar refractivity (Wildman–Crippen MR) is 120 cm³/mol. The minimum Gasteiger partial charge on any atom is -0.497 e. The maximum Gasteiger partial charge on any atom is 0.311 e. The number of carbonyl (C=O) groups excluding carboxylic acids is 2. The van der Waals surface area contributed by atoms with Gasteiger partial charge >= 0.3 is 5.97 Å². The highest BCUT2D eigenvalue weighted by Gasteiger charge is 2.58. The number of hydroxylamine groups is 2. The zero-order valence-electron chi connectivity index (χ0n) is 19.1. The molecule has 0 bridgehead atoms. The van der Waals surface area contributed by atoms with Crippen molar-refractivity contribution < 1.29 is 23.9 Å². The van der Waals surface area contributed by atoms with E-state index < -0.39 is 11.5 Å². The fraction of sp³-hybridized carbons (Fsp3) is 0.600. The number of methoxy groups -OCH3 is 2. The first-order valence-electron chi connectivity index (χ1n) is 11.6. The molecule has 0 N–H and O–H groups in total. The number of hydrogen-bond acceptors (Lipinski definition) is 6. The molecule has 1 aromatic rings. The normalized spacial score (nSPS) is 25.3. The third-order valence-corrected chi connectivity index (χ3v) is 7.25. The lowest BCUT2D eigenvalue weighted by Gasteiger charge is -2.46. The van der Waals surface area contributed by atoms with Crippen LogP contribution in [0, 0.1) is 11.8 Å². The van der Waals surface area contributed by atoms with E-state index >= 15 is 0 Å². The van der Waals surface area contributed by atoms with Gasteiger partial charge in [0.15, 0.2) is 0 Å². The lowest BCUT2D eigenvalue weighted by molar-refractivity contribution is -0.229. The van der Waals surface area contributed by atoms with Crippen molar-refractivity contribution in [3.05, 3.63) is 42.0 Å². The zero-order chi connectivity index (χ0) is 22.6. The van der Waals surface area contributed by atoms with Crippen LogP contribution < -0.4 is 4.74 Å². The number of rotatable bonds is 7. The molecule has 3 aliphatic rings. The van der Waals surface area contributed by atoms with Crippen LogP contribution in [-0.2, 0) is 25.8 Å². The van der Waals surface area contributed by atoms with Crippen molar-refractivity contribution in [3.63, 3.8) is 0 Å². The molecule has 0 aromatic heterocycles. The summed E-state index contributed by atoms with van der Waals surface area (Å²) in [6.07, 6.45) is 9.64. The Labute approximate surface area is 190 Å². The van der Waals surface area contributed by atoms with Crippen molar-refractivity contribution in [1.29, 1.82) is 0 Å². The Balaban J connectivity index is 1.47. The number of carbonyl (C=O) groups is 2. The summed E-state index contributed by atoms with van der Waals surface area (Å²) in [7, 11) is 3.02. The number of esters is 1. The van der Waals surface area contributed by atoms with Crippen LogP contribution in [0.5, 0.6) is 5.75 Å². The summed E-state index contributed by atoms with van der Waals surface area (Å²) < 4.78 is 10.4. The Morgan fingerprint density at radius 3 is 2.69 bits per heavy atom. The average Bonchev–Trinajstić information content (AvgIpc) is 3.10. The van der Waals surface area contributed by atoms with Gasteiger partial charge in [0.2, 0.25) is 5.91 Å². The maximum atomic E-state index is 13.0. The second-order valence-electron chi connectivity index (χ2n) is 9.15. The second kappa shape index (κ2) is 10.0. The topological polar surface area (TPSA) is 68.3 Å². The molecule has 174 valence electrons. The molecular formula is C25H34N2O5. The highest BCUT2D eigenvalue weighted by Crippen LogP contribution is 2.45. The number of hydrogen-bond donors (Lipinski definition) is 0. The number of nitrogens with zero attached hydrogens (tertiary/aromatic N) is 2. The van der Waals surface area contributed by atoms with Gasteiger partial charge in [-0.2, -0.15) is 0 Å². The number of allylic oxidation sites excluding steroid dienone is 2. The van der Waals surface area contributed by atoms with Gasteiger partial charge in [-0.05, 0) is 55.7 Å². The smallest absolute Gasteiger partial charge is 0.311 e. The van der Waals surface area contributed by atoms with Crippen molar-refractivity contribution >= 4 is 11.9 Å². The summed E-state index contributed by atoms with van der Waals surface area (Å²) in [4.78, 5) is 34.2. The monoisotopic (exact) mass is 442 g/mol. The minimum atomic E-state index is -0.647. The lowest BCUT2D eigenvalue weighted by atomic mass is 9.77. The minimum absolute atomic E-state index is 0.137. The number of ether oxygens (including phenoxy) is 2. The molecule has 0 unspecified atom stereocenters. The first-order valence-corrected chi connectivity index (χ1v) is 11.6. The number of likely N-dealkylation sites (tertiary alicyclic amines) is 1. The van der Waals surface area contributed by atoms with E-state index in [1.54, 1.807) is 7.11 Å². The van der Waals surface area contributed by atoms with Crippen LogP contribution >= 0.6 is 0 Å². The van der Waals surface area contributed by atoms with Gasteiger partial charge in [-0.1, -0.05) is 24.3 Å². The summed E-state index contributed by atoms with van der Waals surface area (Å²) in [5.74, 6) is 0.471. The molecule has 1 amide bonds. The first-order chi connectivity index (χ1) is 15.6. The summed E-state index contributed by atoms with van der Waals surface area (Å²) in [6, 6.07) is 7.60. The SMILES string of the molecule is COC(=O)[C@H]1CC(=O)N(OCc2cccc(OC)c2)C12CCN(C[C@@H]1CC=CCC1)CC2. The van der Waals surface area contributed by atoms with Crippen molar-refractivity contribution in [2.45, 2.75) is 50.7 Å². The summed E-state index contributed by atoms with van der Waals surface area (Å²) in [5.41, 5.74) is 0.267.